The Hall–Kier alpha value is -2.81. The number of halogens is 1. The first kappa shape index (κ1) is 25.3. The molecule has 2 aliphatic heterocycles. The Morgan fingerprint density at radius 3 is 2.51 bits per heavy atom. The van der Waals surface area contributed by atoms with Crippen LogP contribution in [-0.4, -0.2) is 83.8 Å². The van der Waals surface area contributed by atoms with Crippen molar-refractivity contribution in [2.75, 3.05) is 46.4 Å². The standard InChI is InChI=1S/C26H31ClN4O4/c1-35-16-6-11-31-24(33)18-26(25(31)34,21-8-2-3-9-22(21)27)17-23(32)30-14-12-29(13-15-30)19-20-7-4-5-10-28-20/h2-5,7-10H,6,11-19H2,1H3. The summed E-state index contributed by atoms with van der Waals surface area (Å²) in [6.07, 6.45) is 2.18. The lowest BCUT2D eigenvalue weighted by Gasteiger charge is -2.36. The lowest BCUT2D eigenvalue weighted by molar-refractivity contribution is -0.143. The molecule has 0 spiro atoms. The summed E-state index contributed by atoms with van der Waals surface area (Å²) in [6.45, 7) is 3.99. The van der Waals surface area contributed by atoms with Crippen molar-refractivity contribution in [1.82, 2.24) is 19.7 Å². The van der Waals surface area contributed by atoms with Gasteiger partial charge in [-0.1, -0.05) is 35.9 Å². The van der Waals surface area contributed by atoms with Crippen LogP contribution >= 0.6 is 11.6 Å². The van der Waals surface area contributed by atoms with Crippen LogP contribution in [0.2, 0.25) is 5.02 Å². The van der Waals surface area contributed by atoms with Gasteiger partial charge in [0.15, 0.2) is 0 Å². The second-order valence-corrected chi connectivity index (χ2v) is 9.50. The molecule has 4 rings (SSSR count). The fourth-order valence-corrected chi connectivity index (χ4v) is 5.25. The largest absolute Gasteiger partial charge is 0.385 e. The van der Waals surface area contributed by atoms with Crippen molar-refractivity contribution in [1.29, 1.82) is 0 Å². The topological polar surface area (TPSA) is 83.1 Å². The van der Waals surface area contributed by atoms with E-state index in [9.17, 15) is 14.4 Å². The Bertz CT molecular complexity index is 1060. The van der Waals surface area contributed by atoms with Gasteiger partial charge in [0.25, 0.3) is 0 Å². The number of piperazine rings is 1. The molecule has 35 heavy (non-hydrogen) atoms. The van der Waals surface area contributed by atoms with E-state index < -0.39 is 5.41 Å². The number of pyridine rings is 1. The normalized spacial score (nSPS) is 21.1. The Labute approximate surface area is 210 Å². The number of imide groups is 1. The van der Waals surface area contributed by atoms with E-state index in [1.54, 1.807) is 42.5 Å². The van der Waals surface area contributed by atoms with Crippen molar-refractivity contribution < 1.29 is 19.1 Å². The Morgan fingerprint density at radius 2 is 1.83 bits per heavy atom. The fourth-order valence-electron chi connectivity index (χ4n) is 4.93. The molecule has 2 fully saturated rings. The zero-order valence-electron chi connectivity index (χ0n) is 20.0. The van der Waals surface area contributed by atoms with Crippen LogP contribution < -0.4 is 0 Å². The second-order valence-electron chi connectivity index (χ2n) is 9.09. The quantitative estimate of drug-likeness (QED) is 0.390. The zero-order chi connectivity index (χ0) is 24.8. The van der Waals surface area contributed by atoms with E-state index in [0.717, 1.165) is 25.3 Å². The lowest BCUT2D eigenvalue weighted by Crippen LogP contribution is -2.50. The minimum absolute atomic E-state index is 0.0616. The van der Waals surface area contributed by atoms with Gasteiger partial charge >= 0.3 is 0 Å². The Balaban J connectivity index is 1.48. The molecule has 8 nitrogen and oxygen atoms in total. The van der Waals surface area contributed by atoms with Crippen LogP contribution in [0.5, 0.6) is 0 Å². The summed E-state index contributed by atoms with van der Waals surface area (Å²) in [4.78, 5) is 49.8. The molecule has 0 aliphatic carbocycles. The molecule has 1 atom stereocenters. The average Bonchev–Trinajstić information content (AvgIpc) is 3.10. The molecular formula is C26H31ClN4O4. The minimum Gasteiger partial charge on any atom is -0.385 e. The van der Waals surface area contributed by atoms with Gasteiger partial charge in [-0.3, -0.25) is 29.2 Å². The summed E-state index contributed by atoms with van der Waals surface area (Å²) in [5.41, 5.74) is 0.245. The van der Waals surface area contributed by atoms with Gasteiger partial charge < -0.3 is 9.64 Å². The molecule has 1 aromatic heterocycles. The SMILES string of the molecule is COCCCN1C(=O)CC(CC(=O)N2CCN(Cc3ccccn3)CC2)(c2ccccc2Cl)C1=O. The molecule has 1 aromatic carbocycles. The number of ether oxygens (including phenoxy) is 1. The third kappa shape index (κ3) is 5.55. The molecule has 0 bridgehead atoms. The van der Waals surface area contributed by atoms with Gasteiger partial charge in [-0.15, -0.1) is 0 Å². The molecule has 0 saturated carbocycles. The van der Waals surface area contributed by atoms with E-state index in [2.05, 4.69) is 9.88 Å². The smallest absolute Gasteiger partial charge is 0.240 e. The molecule has 186 valence electrons. The monoisotopic (exact) mass is 498 g/mol. The first-order valence-electron chi connectivity index (χ1n) is 11.9. The van der Waals surface area contributed by atoms with Crippen molar-refractivity contribution >= 4 is 29.3 Å². The number of amides is 3. The summed E-state index contributed by atoms with van der Waals surface area (Å²) in [5, 5.41) is 0.389. The van der Waals surface area contributed by atoms with Gasteiger partial charge in [0.2, 0.25) is 17.7 Å². The van der Waals surface area contributed by atoms with E-state index >= 15 is 0 Å². The highest BCUT2D eigenvalue weighted by Crippen LogP contribution is 2.43. The number of hydrogen-bond acceptors (Lipinski definition) is 6. The van der Waals surface area contributed by atoms with Crippen LogP contribution in [0.4, 0.5) is 0 Å². The number of carbonyl (C=O) groups excluding carboxylic acids is 3. The predicted octanol–water partition coefficient (Wildman–Crippen LogP) is 2.50. The Morgan fingerprint density at radius 1 is 1.09 bits per heavy atom. The third-order valence-corrected chi connectivity index (χ3v) is 7.15. The molecule has 1 unspecified atom stereocenters. The summed E-state index contributed by atoms with van der Waals surface area (Å²) < 4.78 is 5.08. The number of likely N-dealkylation sites (tertiary alicyclic amines) is 1. The number of rotatable bonds is 9. The van der Waals surface area contributed by atoms with Crippen LogP contribution in [0.25, 0.3) is 0 Å². The van der Waals surface area contributed by atoms with E-state index in [1.807, 2.05) is 18.2 Å². The molecule has 2 aliphatic rings. The second kappa shape index (κ2) is 11.3. The minimum atomic E-state index is -1.29. The average molecular weight is 499 g/mol. The van der Waals surface area contributed by atoms with Gasteiger partial charge in [0.1, 0.15) is 0 Å². The van der Waals surface area contributed by atoms with Crippen molar-refractivity contribution in [3.05, 3.63) is 64.9 Å². The third-order valence-electron chi connectivity index (χ3n) is 6.82. The number of benzene rings is 1. The molecule has 9 heteroatoms. The first-order valence-corrected chi connectivity index (χ1v) is 12.3. The van der Waals surface area contributed by atoms with Crippen LogP contribution in [0, 0.1) is 0 Å². The van der Waals surface area contributed by atoms with E-state index in [1.165, 1.54) is 4.90 Å². The predicted molar refractivity (Wildman–Crippen MR) is 132 cm³/mol. The summed E-state index contributed by atoms with van der Waals surface area (Å²) in [7, 11) is 1.58. The van der Waals surface area contributed by atoms with Crippen molar-refractivity contribution in [2.45, 2.75) is 31.2 Å². The van der Waals surface area contributed by atoms with Crippen LogP contribution in [0.1, 0.15) is 30.5 Å². The maximum Gasteiger partial charge on any atom is 0.240 e. The summed E-state index contributed by atoms with van der Waals surface area (Å²) >= 11 is 6.51. The van der Waals surface area contributed by atoms with E-state index in [4.69, 9.17) is 16.3 Å². The highest BCUT2D eigenvalue weighted by molar-refractivity contribution is 6.32. The number of nitrogens with zero attached hydrogens (tertiary/aromatic N) is 4. The molecule has 2 aromatic rings. The van der Waals surface area contributed by atoms with Gasteiger partial charge in [-0.2, -0.15) is 0 Å². The van der Waals surface area contributed by atoms with Crippen molar-refractivity contribution in [3.8, 4) is 0 Å². The molecule has 0 radical (unpaired) electrons. The summed E-state index contributed by atoms with van der Waals surface area (Å²) in [6, 6.07) is 12.9. The Kier molecular flexibility index (Phi) is 8.15. The van der Waals surface area contributed by atoms with E-state index in [0.29, 0.717) is 36.7 Å². The van der Waals surface area contributed by atoms with E-state index in [-0.39, 0.29) is 37.1 Å². The summed E-state index contributed by atoms with van der Waals surface area (Å²) in [5.74, 6) is -0.768. The van der Waals surface area contributed by atoms with Crippen LogP contribution in [-0.2, 0) is 31.1 Å². The first-order chi connectivity index (χ1) is 16.9. The van der Waals surface area contributed by atoms with Crippen LogP contribution in [0.15, 0.2) is 48.7 Å². The van der Waals surface area contributed by atoms with Gasteiger partial charge in [0.05, 0.1) is 11.1 Å². The lowest BCUT2D eigenvalue weighted by atomic mass is 9.75. The molecule has 2 saturated heterocycles. The molecule has 3 heterocycles. The van der Waals surface area contributed by atoms with Crippen molar-refractivity contribution in [2.24, 2.45) is 0 Å². The maximum atomic E-state index is 13.7. The highest BCUT2D eigenvalue weighted by Gasteiger charge is 2.54. The van der Waals surface area contributed by atoms with Crippen LogP contribution in [0.3, 0.4) is 0 Å². The number of carbonyl (C=O) groups is 3. The fraction of sp³-hybridized carbons (Fsp3) is 0.462. The molecule has 3 amide bonds. The zero-order valence-corrected chi connectivity index (χ0v) is 20.7. The number of hydrogen-bond donors (Lipinski definition) is 0. The van der Waals surface area contributed by atoms with Gasteiger partial charge in [-0.05, 0) is 30.2 Å². The number of aromatic nitrogens is 1. The van der Waals surface area contributed by atoms with Crippen molar-refractivity contribution in [3.63, 3.8) is 0 Å². The number of methoxy groups -OCH3 is 1. The highest BCUT2D eigenvalue weighted by atomic mass is 35.5. The molecular weight excluding hydrogens is 468 g/mol. The van der Waals surface area contributed by atoms with Gasteiger partial charge in [-0.25, -0.2) is 0 Å². The maximum absolute atomic E-state index is 13.7. The molecule has 0 N–H and O–H groups in total. The van der Waals surface area contributed by atoms with Gasteiger partial charge in [0, 0.05) is 77.0 Å².